The van der Waals surface area contributed by atoms with Crippen LogP contribution in [0.4, 0.5) is 0 Å². The summed E-state index contributed by atoms with van der Waals surface area (Å²) in [5, 5.41) is 15.0. The van der Waals surface area contributed by atoms with Crippen LogP contribution in [-0.2, 0) is 9.59 Å². The lowest BCUT2D eigenvalue weighted by Gasteiger charge is -2.12. The van der Waals surface area contributed by atoms with E-state index in [1.54, 1.807) is 6.92 Å². The molecule has 0 unspecified atom stereocenters. The van der Waals surface area contributed by atoms with Crippen LogP contribution in [0.5, 0.6) is 0 Å². The second-order valence-electron chi connectivity index (χ2n) is 3.15. The molecule has 0 saturated carbocycles. The maximum atomic E-state index is 11.3. The van der Waals surface area contributed by atoms with Crippen LogP contribution in [-0.4, -0.2) is 35.3 Å². The van der Waals surface area contributed by atoms with Crippen molar-refractivity contribution >= 4 is 17.5 Å². The molecule has 1 rings (SSSR count). The van der Waals surface area contributed by atoms with E-state index < -0.39 is 6.10 Å². The summed E-state index contributed by atoms with van der Waals surface area (Å²) in [6.45, 7) is 1.76. The quantitative estimate of drug-likeness (QED) is 0.530. The molecule has 0 aromatic rings. The summed E-state index contributed by atoms with van der Waals surface area (Å²) < 4.78 is 0. The second-order valence-corrected chi connectivity index (χ2v) is 3.15. The van der Waals surface area contributed by atoms with Crippen molar-refractivity contribution in [2.75, 3.05) is 6.54 Å². The highest BCUT2D eigenvalue weighted by atomic mass is 16.3. The highest BCUT2D eigenvalue weighted by Gasteiger charge is 2.17. The van der Waals surface area contributed by atoms with Gasteiger partial charge >= 0.3 is 0 Å². The average molecular weight is 199 g/mol. The van der Waals surface area contributed by atoms with Crippen LogP contribution in [0.2, 0.25) is 0 Å². The zero-order valence-electron chi connectivity index (χ0n) is 7.91. The van der Waals surface area contributed by atoms with Crippen LogP contribution in [0.3, 0.4) is 0 Å². The number of aliphatic hydroxyl groups is 1. The molecule has 0 radical (unpaired) electrons. The molecule has 0 fully saturated rings. The van der Waals surface area contributed by atoms with Crippen molar-refractivity contribution < 1.29 is 14.7 Å². The Bertz CT molecular complexity index is 273. The van der Waals surface area contributed by atoms with Crippen molar-refractivity contribution in [3.05, 3.63) is 0 Å². The molecule has 0 saturated heterocycles. The van der Waals surface area contributed by atoms with Gasteiger partial charge in [0.2, 0.25) is 5.91 Å². The maximum absolute atomic E-state index is 11.3. The van der Waals surface area contributed by atoms with E-state index in [0.717, 1.165) is 0 Å². The highest BCUT2D eigenvalue weighted by Crippen LogP contribution is 1.99. The van der Waals surface area contributed by atoms with E-state index in [0.29, 0.717) is 12.1 Å². The third-order valence-corrected chi connectivity index (χ3v) is 1.72. The van der Waals surface area contributed by atoms with Gasteiger partial charge in [0.15, 0.2) is 0 Å². The lowest BCUT2D eigenvalue weighted by atomic mass is 10.1. The third kappa shape index (κ3) is 3.14. The Morgan fingerprint density at radius 3 is 2.93 bits per heavy atom. The number of aliphatic hydroxyl groups excluding tert-OH is 1. The Labute approximate surface area is 81.4 Å². The minimum atomic E-state index is -0.585. The molecule has 0 aliphatic carbocycles. The Morgan fingerprint density at radius 2 is 2.43 bits per heavy atom. The molecule has 0 bridgehead atoms. The zero-order valence-corrected chi connectivity index (χ0v) is 7.91. The molecule has 1 aliphatic rings. The van der Waals surface area contributed by atoms with Crippen LogP contribution >= 0.6 is 0 Å². The van der Waals surface area contributed by atoms with Gasteiger partial charge < -0.3 is 10.4 Å². The number of hydrogen-bond donors (Lipinski definition) is 3. The van der Waals surface area contributed by atoms with E-state index in [4.69, 9.17) is 5.11 Å². The smallest absolute Gasteiger partial charge is 0.267 e. The summed E-state index contributed by atoms with van der Waals surface area (Å²) in [7, 11) is 0. The van der Waals surface area contributed by atoms with Crippen molar-refractivity contribution in [1.29, 1.82) is 0 Å². The number of hydrogen-bond acceptors (Lipinski definition) is 4. The van der Waals surface area contributed by atoms with E-state index in [1.165, 1.54) is 0 Å². The topological polar surface area (TPSA) is 90.8 Å². The lowest BCUT2D eigenvalue weighted by molar-refractivity contribution is -0.121. The summed E-state index contributed by atoms with van der Waals surface area (Å²) in [5.74, 6) is -0.525. The van der Waals surface area contributed by atoms with Gasteiger partial charge in [0.1, 0.15) is 5.71 Å². The minimum Gasteiger partial charge on any atom is -0.392 e. The Balaban J connectivity index is 2.41. The van der Waals surface area contributed by atoms with Crippen molar-refractivity contribution in [3.8, 4) is 0 Å². The first-order chi connectivity index (χ1) is 6.59. The fourth-order valence-electron chi connectivity index (χ4n) is 0.980. The van der Waals surface area contributed by atoms with E-state index in [9.17, 15) is 9.59 Å². The van der Waals surface area contributed by atoms with E-state index in [2.05, 4.69) is 15.8 Å². The molecule has 3 N–H and O–H groups in total. The molecule has 78 valence electrons. The van der Waals surface area contributed by atoms with Crippen molar-refractivity contribution in [2.24, 2.45) is 5.10 Å². The third-order valence-electron chi connectivity index (χ3n) is 1.72. The normalized spacial score (nSPS) is 18.1. The maximum Gasteiger partial charge on any atom is 0.267 e. The largest absolute Gasteiger partial charge is 0.392 e. The van der Waals surface area contributed by atoms with E-state index in [1.807, 2.05) is 0 Å². The molecule has 0 aromatic heterocycles. The summed E-state index contributed by atoms with van der Waals surface area (Å²) in [5.41, 5.74) is 2.52. The molecular weight excluding hydrogens is 186 g/mol. The fourth-order valence-corrected chi connectivity index (χ4v) is 0.980. The summed E-state index contributed by atoms with van der Waals surface area (Å²) in [6, 6.07) is 0. The lowest BCUT2D eigenvalue weighted by Crippen LogP contribution is -2.39. The molecule has 6 heteroatoms. The second kappa shape index (κ2) is 4.71. The van der Waals surface area contributed by atoms with E-state index >= 15 is 0 Å². The summed E-state index contributed by atoms with van der Waals surface area (Å²) in [4.78, 5) is 22.0. The fraction of sp³-hybridized carbons (Fsp3) is 0.625. The first kappa shape index (κ1) is 10.6. The van der Waals surface area contributed by atoms with Gasteiger partial charge in [-0.1, -0.05) is 0 Å². The van der Waals surface area contributed by atoms with Gasteiger partial charge in [0, 0.05) is 19.4 Å². The highest BCUT2D eigenvalue weighted by molar-refractivity contribution is 6.39. The Hall–Kier alpha value is -1.43. The Morgan fingerprint density at radius 1 is 1.71 bits per heavy atom. The number of amides is 2. The number of nitrogens with zero attached hydrogens (tertiary/aromatic N) is 1. The van der Waals surface area contributed by atoms with E-state index in [-0.39, 0.29) is 24.8 Å². The molecule has 1 atom stereocenters. The standard InChI is InChI=1S/C8H13N3O3/c1-5(12)4-9-8(14)6-2-3-7(13)11-10-6/h5,12H,2-4H2,1H3,(H,9,14)(H,11,13)/t5-/m1/s1. The predicted octanol–water partition coefficient (Wildman–Crippen LogP) is -1.25. The predicted molar refractivity (Wildman–Crippen MR) is 49.5 cm³/mol. The van der Waals surface area contributed by atoms with Gasteiger partial charge in [-0.05, 0) is 6.92 Å². The van der Waals surface area contributed by atoms with Crippen LogP contribution in [0.1, 0.15) is 19.8 Å². The molecule has 0 spiro atoms. The van der Waals surface area contributed by atoms with Crippen molar-refractivity contribution in [3.63, 3.8) is 0 Å². The molecule has 1 aliphatic heterocycles. The molecule has 6 nitrogen and oxygen atoms in total. The monoisotopic (exact) mass is 199 g/mol. The molecule has 2 amide bonds. The first-order valence-electron chi connectivity index (χ1n) is 4.41. The van der Waals surface area contributed by atoms with Gasteiger partial charge in [0.05, 0.1) is 6.10 Å². The summed E-state index contributed by atoms with van der Waals surface area (Å²) >= 11 is 0. The van der Waals surface area contributed by atoms with Crippen molar-refractivity contribution in [2.45, 2.75) is 25.9 Å². The van der Waals surface area contributed by atoms with Gasteiger partial charge in [-0.25, -0.2) is 5.43 Å². The number of nitrogens with one attached hydrogen (secondary N) is 2. The average Bonchev–Trinajstić information content (AvgIpc) is 2.15. The first-order valence-corrected chi connectivity index (χ1v) is 4.41. The number of hydrazone groups is 1. The Kier molecular flexibility index (Phi) is 3.58. The van der Waals surface area contributed by atoms with Crippen LogP contribution in [0, 0.1) is 0 Å². The number of carbonyl (C=O) groups excluding carboxylic acids is 2. The van der Waals surface area contributed by atoms with Gasteiger partial charge in [-0.15, -0.1) is 0 Å². The van der Waals surface area contributed by atoms with Gasteiger partial charge in [-0.3, -0.25) is 9.59 Å². The van der Waals surface area contributed by atoms with Crippen molar-refractivity contribution in [1.82, 2.24) is 10.7 Å². The minimum absolute atomic E-state index is 0.183. The van der Waals surface area contributed by atoms with Gasteiger partial charge in [0.25, 0.3) is 5.91 Å². The van der Waals surface area contributed by atoms with Crippen LogP contribution < -0.4 is 10.7 Å². The molecule has 0 aromatic carbocycles. The SMILES string of the molecule is C[C@@H](O)CNC(=O)C1=NNC(=O)CC1. The number of carbonyl (C=O) groups is 2. The summed E-state index contributed by atoms with van der Waals surface area (Å²) in [6.07, 6.45) is 0.0380. The molecule has 14 heavy (non-hydrogen) atoms. The van der Waals surface area contributed by atoms with Crippen LogP contribution in [0.15, 0.2) is 5.10 Å². The molecule has 1 heterocycles. The van der Waals surface area contributed by atoms with Gasteiger partial charge in [-0.2, -0.15) is 5.10 Å². The number of rotatable bonds is 3. The zero-order chi connectivity index (χ0) is 10.6. The molecular formula is C8H13N3O3. The van der Waals surface area contributed by atoms with Crippen LogP contribution in [0.25, 0.3) is 0 Å².